The minimum Gasteiger partial charge on any atom is -0.459 e. The molecule has 1 heterocycles. The van der Waals surface area contributed by atoms with E-state index >= 15 is 0 Å². The zero-order valence-electron chi connectivity index (χ0n) is 15.7. The normalized spacial score (nSPS) is 10.8. The van der Waals surface area contributed by atoms with Crippen LogP contribution in [0.25, 0.3) is 11.5 Å². The van der Waals surface area contributed by atoms with E-state index in [1.54, 1.807) is 62.4 Å². The van der Waals surface area contributed by atoms with Crippen LogP contribution in [-0.4, -0.2) is 33.9 Å². The van der Waals surface area contributed by atoms with Crippen LogP contribution in [0.3, 0.4) is 0 Å². The van der Waals surface area contributed by atoms with Crippen molar-refractivity contribution in [3.8, 4) is 11.5 Å². The van der Waals surface area contributed by atoms with Crippen LogP contribution < -0.4 is 5.32 Å². The molecule has 3 aromatic rings. The predicted octanol–water partition coefficient (Wildman–Crippen LogP) is 4.69. The number of halogens is 1. The number of hydrogen-bond acceptors (Lipinski definition) is 7. The van der Waals surface area contributed by atoms with Crippen molar-refractivity contribution < 1.29 is 18.7 Å². The first-order valence-electron chi connectivity index (χ1n) is 8.74. The maximum absolute atomic E-state index is 12.1. The van der Waals surface area contributed by atoms with E-state index in [1.807, 2.05) is 0 Å². The third-order valence-corrected chi connectivity index (χ3v) is 4.61. The summed E-state index contributed by atoms with van der Waals surface area (Å²) < 4.78 is 10.7. The van der Waals surface area contributed by atoms with Crippen LogP contribution in [0.4, 0.5) is 5.69 Å². The molecule has 0 atom stereocenters. The van der Waals surface area contributed by atoms with E-state index in [-0.39, 0.29) is 23.0 Å². The molecule has 0 fully saturated rings. The Kier molecular flexibility index (Phi) is 6.90. The van der Waals surface area contributed by atoms with Gasteiger partial charge in [0.2, 0.25) is 11.8 Å². The number of esters is 1. The van der Waals surface area contributed by atoms with Crippen molar-refractivity contribution in [2.75, 3.05) is 11.1 Å². The van der Waals surface area contributed by atoms with E-state index in [2.05, 4.69) is 15.5 Å². The molecule has 0 unspecified atom stereocenters. The summed E-state index contributed by atoms with van der Waals surface area (Å²) in [5.74, 6) is -0.219. The molecule has 0 bridgehead atoms. The van der Waals surface area contributed by atoms with Crippen LogP contribution in [0.2, 0.25) is 5.02 Å². The van der Waals surface area contributed by atoms with Gasteiger partial charge in [0, 0.05) is 16.3 Å². The van der Waals surface area contributed by atoms with Crippen LogP contribution in [-0.2, 0) is 9.53 Å². The number of rotatable bonds is 7. The molecule has 0 aliphatic carbocycles. The number of ether oxygens (including phenoxy) is 1. The van der Waals surface area contributed by atoms with Crippen molar-refractivity contribution >= 4 is 40.9 Å². The average Bonchev–Trinajstić information content (AvgIpc) is 3.15. The largest absolute Gasteiger partial charge is 0.459 e. The summed E-state index contributed by atoms with van der Waals surface area (Å²) in [6, 6.07) is 13.5. The van der Waals surface area contributed by atoms with Crippen molar-refractivity contribution in [1.82, 2.24) is 10.2 Å². The molecule has 0 saturated heterocycles. The number of thioether (sulfide) groups is 1. The number of benzene rings is 2. The molecule has 0 radical (unpaired) electrons. The zero-order valence-corrected chi connectivity index (χ0v) is 17.3. The van der Waals surface area contributed by atoms with Gasteiger partial charge in [-0.05, 0) is 56.3 Å². The SMILES string of the molecule is CC(C)OC(=O)c1ccc(NC(=O)CSc2nnc(-c3cccc(Cl)c3)o2)cc1. The van der Waals surface area contributed by atoms with Gasteiger partial charge in [0.25, 0.3) is 5.22 Å². The number of hydrogen-bond donors (Lipinski definition) is 1. The molecule has 1 amide bonds. The molecule has 0 aliphatic rings. The molecule has 0 saturated carbocycles. The molecule has 0 spiro atoms. The van der Waals surface area contributed by atoms with Gasteiger partial charge in [0.15, 0.2) is 0 Å². The Morgan fingerprint density at radius 2 is 1.93 bits per heavy atom. The molecule has 2 aromatic carbocycles. The van der Waals surface area contributed by atoms with Gasteiger partial charge >= 0.3 is 5.97 Å². The second kappa shape index (κ2) is 9.58. The molecule has 9 heteroatoms. The van der Waals surface area contributed by atoms with Crippen LogP contribution >= 0.6 is 23.4 Å². The van der Waals surface area contributed by atoms with E-state index in [0.717, 1.165) is 11.8 Å². The van der Waals surface area contributed by atoms with Crippen molar-refractivity contribution in [1.29, 1.82) is 0 Å². The third-order valence-electron chi connectivity index (χ3n) is 3.55. The number of nitrogens with one attached hydrogen (secondary N) is 1. The first kappa shape index (κ1) is 20.9. The lowest BCUT2D eigenvalue weighted by Crippen LogP contribution is -2.14. The lowest BCUT2D eigenvalue weighted by Gasteiger charge is -2.08. The Balaban J connectivity index is 1.52. The van der Waals surface area contributed by atoms with Crippen LogP contribution in [0, 0.1) is 0 Å². The third kappa shape index (κ3) is 6.07. The van der Waals surface area contributed by atoms with E-state index in [9.17, 15) is 9.59 Å². The summed E-state index contributed by atoms with van der Waals surface area (Å²) in [4.78, 5) is 24.0. The van der Waals surface area contributed by atoms with Crippen molar-refractivity contribution in [3.63, 3.8) is 0 Å². The highest BCUT2D eigenvalue weighted by Gasteiger charge is 2.13. The highest BCUT2D eigenvalue weighted by atomic mass is 35.5. The van der Waals surface area contributed by atoms with Gasteiger partial charge in [0.05, 0.1) is 17.4 Å². The van der Waals surface area contributed by atoms with Crippen LogP contribution in [0.15, 0.2) is 58.2 Å². The number of carbonyl (C=O) groups excluding carboxylic acids is 2. The summed E-state index contributed by atoms with van der Waals surface area (Å²) in [5, 5.41) is 11.5. The molecule has 7 nitrogen and oxygen atoms in total. The van der Waals surface area contributed by atoms with Crippen LogP contribution in [0.1, 0.15) is 24.2 Å². The molecule has 29 heavy (non-hydrogen) atoms. The molecular formula is C20H18ClN3O4S. The Morgan fingerprint density at radius 1 is 1.17 bits per heavy atom. The summed E-state index contributed by atoms with van der Waals surface area (Å²) in [6.45, 7) is 3.57. The summed E-state index contributed by atoms with van der Waals surface area (Å²) >= 11 is 7.08. The van der Waals surface area contributed by atoms with Crippen molar-refractivity contribution in [2.45, 2.75) is 25.2 Å². The maximum Gasteiger partial charge on any atom is 0.338 e. The summed E-state index contributed by atoms with van der Waals surface area (Å²) in [5.41, 5.74) is 1.70. The number of nitrogens with zero attached hydrogens (tertiary/aromatic N) is 2. The highest BCUT2D eigenvalue weighted by molar-refractivity contribution is 7.99. The first-order chi connectivity index (χ1) is 13.9. The smallest absolute Gasteiger partial charge is 0.338 e. The zero-order chi connectivity index (χ0) is 20.8. The van der Waals surface area contributed by atoms with Gasteiger partial charge in [-0.2, -0.15) is 0 Å². The van der Waals surface area contributed by atoms with Crippen LogP contribution in [0.5, 0.6) is 0 Å². The van der Waals surface area contributed by atoms with Gasteiger partial charge in [0.1, 0.15) is 0 Å². The fourth-order valence-corrected chi connectivity index (χ4v) is 3.06. The molecule has 150 valence electrons. The number of amides is 1. The minimum absolute atomic E-state index is 0.0916. The second-order valence-electron chi connectivity index (χ2n) is 6.25. The van der Waals surface area contributed by atoms with E-state index in [1.165, 1.54) is 0 Å². The predicted molar refractivity (Wildman–Crippen MR) is 111 cm³/mol. The number of carbonyl (C=O) groups is 2. The molecular weight excluding hydrogens is 414 g/mol. The summed E-state index contributed by atoms with van der Waals surface area (Å²) in [6.07, 6.45) is -0.192. The van der Waals surface area contributed by atoms with Gasteiger partial charge in [-0.25, -0.2) is 4.79 Å². The lowest BCUT2D eigenvalue weighted by atomic mass is 10.2. The fraction of sp³-hybridized carbons (Fsp3) is 0.200. The quantitative estimate of drug-likeness (QED) is 0.428. The molecule has 0 aliphatic heterocycles. The Labute approximate surface area is 176 Å². The van der Waals surface area contributed by atoms with Gasteiger partial charge in [-0.3, -0.25) is 4.79 Å². The van der Waals surface area contributed by atoms with E-state index < -0.39 is 5.97 Å². The monoisotopic (exact) mass is 431 g/mol. The molecule has 3 rings (SSSR count). The topological polar surface area (TPSA) is 94.3 Å². The van der Waals surface area contributed by atoms with Gasteiger partial charge < -0.3 is 14.5 Å². The molecule has 1 aromatic heterocycles. The maximum atomic E-state index is 12.1. The Bertz CT molecular complexity index is 1000. The number of anilines is 1. The minimum atomic E-state index is -0.402. The number of aromatic nitrogens is 2. The fourth-order valence-electron chi connectivity index (χ4n) is 2.30. The Morgan fingerprint density at radius 3 is 2.62 bits per heavy atom. The van der Waals surface area contributed by atoms with Crippen molar-refractivity contribution in [2.24, 2.45) is 0 Å². The van der Waals surface area contributed by atoms with E-state index in [4.69, 9.17) is 20.8 Å². The first-order valence-corrected chi connectivity index (χ1v) is 10.1. The lowest BCUT2D eigenvalue weighted by molar-refractivity contribution is -0.113. The molecule has 1 N–H and O–H groups in total. The second-order valence-corrected chi connectivity index (χ2v) is 7.61. The van der Waals surface area contributed by atoms with Gasteiger partial charge in [-0.15, -0.1) is 10.2 Å². The standard InChI is InChI=1S/C20H18ClN3O4S/c1-12(2)27-19(26)13-6-8-16(9-7-13)22-17(25)11-29-20-24-23-18(28-20)14-4-3-5-15(21)10-14/h3-10,12H,11H2,1-2H3,(H,22,25). The highest BCUT2D eigenvalue weighted by Crippen LogP contribution is 2.25. The van der Waals surface area contributed by atoms with E-state index in [0.29, 0.717) is 27.7 Å². The van der Waals surface area contributed by atoms with Gasteiger partial charge in [-0.1, -0.05) is 29.4 Å². The average molecular weight is 432 g/mol. The van der Waals surface area contributed by atoms with Crippen molar-refractivity contribution in [3.05, 3.63) is 59.1 Å². The summed E-state index contributed by atoms with van der Waals surface area (Å²) in [7, 11) is 0. The Hall–Kier alpha value is -2.84.